The highest BCUT2D eigenvalue weighted by Crippen LogP contribution is 2.16. The van der Waals surface area contributed by atoms with E-state index in [2.05, 4.69) is 20.3 Å². The third-order valence-electron chi connectivity index (χ3n) is 1.99. The predicted molar refractivity (Wildman–Crippen MR) is 57.8 cm³/mol. The number of rotatable bonds is 3. The van der Waals surface area contributed by atoms with Crippen molar-refractivity contribution in [1.82, 2.24) is 15.0 Å². The molecule has 0 spiro atoms. The van der Waals surface area contributed by atoms with E-state index in [1.54, 1.807) is 25.3 Å². The van der Waals surface area contributed by atoms with Crippen LogP contribution in [0, 0.1) is 6.92 Å². The van der Waals surface area contributed by atoms with Gasteiger partial charge < -0.3 is 15.4 Å². The van der Waals surface area contributed by atoms with Crippen LogP contribution in [0.15, 0.2) is 24.5 Å². The maximum atomic E-state index is 10.9. The minimum Gasteiger partial charge on any atom is -0.477 e. The van der Waals surface area contributed by atoms with Gasteiger partial charge in [0.05, 0.1) is 0 Å². The third-order valence-corrected chi connectivity index (χ3v) is 1.99. The summed E-state index contributed by atoms with van der Waals surface area (Å²) in [6.07, 6.45) is 3.02. The lowest BCUT2D eigenvalue weighted by atomic mass is 10.3. The zero-order chi connectivity index (χ0) is 11.5. The highest BCUT2D eigenvalue weighted by Gasteiger charge is 2.12. The molecular formula is C10H10N4O2. The quantitative estimate of drug-likeness (QED) is 0.727. The molecule has 0 saturated carbocycles. The van der Waals surface area contributed by atoms with Crippen LogP contribution in [-0.2, 0) is 0 Å². The van der Waals surface area contributed by atoms with Crippen molar-refractivity contribution < 1.29 is 9.90 Å². The van der Waals surface area contributed by atoms with E-state index in [0.29, 0.717) is 11.6 Å². The summed E-state index contributed by atoms with van der Waals surface area (Å²) < 4.78 is 0. The van der Waals surface area contributed by atoms with Crippen molar-refractivity contribution in [1.29, 1.82) is 0 Å². The number of anilines is 2. The first-order valence-corrected chi connectivity index (χ1v) is 4.64. The number of H-pyrrole nitrogens is 1. The third kappa shape index (κ3) is 2.00. The average molecular weight is 218 g/mol. The molecule has 2 aromatic rings. The Bertz CT molecular complexity index is 508. The number of aromatic carboxylic acids is 1. The molecule has 0 saturated heterocycles. The molecule has 6 nitrogen and oxygen atoms in total. The fourth-order valence-electron chi connectivity index (χ4n) is 1.26. The van der Waals surface area contributed by atoms with Crippen LogP contribution in [0.4, 0.5) is 11.6 Å². The van der Waals surface area contributed by atoms with Crippen LogP contribution in [0.25, 0.3) is 0 Å². The van der Waals surface area contributed by atoms with Crippen LogP contribution >= 0.6 is 0 Å². The number of aromatic nitrogens is 3. The fourth-order valence-corrected chi connectivity index (χ4v) is 1.26. The van der Waals surface area contributed by atoms with Crippen molar-refractivity contribution in [2.75, 3.05) is 5.32 Å². The SMILES string of the molecule is Cc1ncc(C(=O)O)c(Nc2ccc[nH]2)n1. The molecule has 0 aliphatic carbocycles. The summed E-state index contributed by atoms with van der Waals surface area (Å²) in [6, 6.07) is 3.58. The highest BCUT2D eigenvalue weighted by molar-refractivity contribution is 5.93. The van der Waals surface area contributed by atoms with Crippen molar-refractivity contribution in [2.45, 2.75) is 6.92 Å². The smallest absolute Gasteiger partial charge is 0.341 e. The van der Waals surface area contributed by atoms with Crippen LogP contribution in [0.2, 0.25) is 0 Å². The van der Waals surface area contributed by atoms with Gasteiger partial charge in [-0.25, -0.2) is 14.8 Å². The Morgan fingerprint density at radius 1 is 1.56 bits per heavy atom. The van der Waals surface area contributed by atoms with E-state index < -0.39 is 5.97 Å². The lowest BCUT2D eigenvalue weighted by Crippen LogP contribution is -2.07. The molecule has 82 valence electrons. The van der Waals surface area contributed by atoms with Gasteiger partial charge in [-0.15, -0.1) is 0 Å². The number of carbonyl (C=O) groups is 1. The number of carboxylic acids is 1. The fraction of sp³-hybridized carbons (Fsp3) is 0.100. The number of carboxylic acid groups (broad SMARTS) is 1. The molecule has 2 aromatic heterocycles. The second-order valence-corrected chi connectivity index (χ2v) is 3.19. The van der Waals surface area contributed by atoms with Crippen LogP contribution in [0.1, 0.15) is 16.2 Å². The Morgan fingerprint density at radius 3 is 3.00 bits per heavy atom. The highest BCUT2D eigenvalue weighted by atomic mass is 16.4. The van der Waals surface area contributed by atoms with Crippen LogP contribution < -0.4 is 5.32 Å². The second-order valence-electron chi connectivity index (χ2n) is 3.19. The molecule has 0 aliphatic rings. The molecule has 0 amide bonds. The Hall–Kier alpha value is -2.37. The van der Waals surface area contributed by atoms with Gasteiger partial charge in [-0.3, -0.25) is 0 Å². The molecule has 0 atom stereocenters. The zero-order valence-electron chi connectivity index (χ0n) is 8.56. The molecule has 16 heavy (non-hydrogen) atoms. The standard InChI is InChI=1S/C10H10N4O2/c1-6-12-5-7(10(15)16)9(13-6)14-8-3-2-4-11-8/h2-5,11H,1H3,(H,15,16)(H,12,13,14). The molecule has 3 N–H and O–H groups in total. The Labute approximate surface area is 91.4 Å². The molecular weight excluding hydrogens is 208 g/mol. The molecule has 0 bridgehead atoms. The van der Waals surface area contributed by atoms with Crippen molar-refractivity contribution in [3.05, 3.63) is 35.9 Å². The van der Waals surface area contributed by atoms with Gasteiger partial charge in [0.1, 0.15) is 23.0 Å². The van der Waals surface area contributed by atoms with E-state index in [9.17, 15) is 4.79 Å². The largest absolute Gasteiger partial charge is 0.477 e. The van der Waals surface area contributed by atoms with Crippen molar-refractivity contribution in [2.24, 2.45) is 0 Å². The molecule has 0 aliphatic heterocycles. The lowest BCUT2D eigenvalue weighted by Gasteiger charge is -2.06. The van der Waals surface area contributed by atoms with Crippen molar-refractivity contribution >= 4 is 17.6 Å². The van der Waals surface area contributed by atoms with E-state index >= 15 is 0 Å². The van der Waals surface area contributed by atoms with Crippen molar-refractivity contribution in [3.8, 4) is 0 Å². The van der Waals surface area contributed by atoms with E-state index in [-0.39, 0.29) is 11.4 Å². The minimum atomic E-state index is -1.06. The van der Waals surface area contributed by atoms with Gasteiger partial charge in [-0.05, 0) is 19.1 Å². The molecule has 0 unspecified atom stereocenters. The first-order chi connectivity index (χ1) is 7.66. The van der Waals surface area contributed by atoms with Gasteiger partial charge in [-0.1, -0.05) is 0 Å². The molecule has 0 fully saturated rings. The lowest BCUT2D eigenvalue weighted by molar-refractivity contribution is 0.0697. The monoisotopic (exact) mass is 218 g/mol. The van der Waals surface area contributed by atoms with Gasteiger partial charge in [0, 0.05) is 12.4 Å². The Morgan fingerprint density at radius 2 is 2.38 bits per heavy atom. The Kier molecular flexibility index (Phi) is 2.55. The number of nitrogens with one attached hydrogen (secondary N) is 2. The summed E-state index contributed by atoms with van der Waals surface area (Å²) in [4.78, 5) is 21.7. The molecule has 0 aromatic carbocycles. The summed E-state index contributed by atoms with van der Waals surface area (Å²) >= 11 is 0. The minimum absolute atomic E-state index is 0.0419. The van der Waals surface area contributed by atoms with Gasteiger partial charge in [-0.2, -0.15) is 0 Å². The maximum Gasteiger partial charge on any atom is 0.341 e. The van der Waals surface area contributed by atoms with Crippen LogP contribution in [0.5, 0.6) is 0 Å². The number of aromatic amines is 1. The normalized spacial score (nSPS) is 10.1. The average Bonchev–Trinajstić information content (AvgIpc) is 2.70. The number of hydrogen-bond donors (Lipinski definition) is 3. The van der Waals surface area contributed by atoms with E-state index in [1.165, 1.54) is 6.20 Å². The molecule has 0 radical (unpaired) electrons. The Balaban J connectivity index is 2.38. The summed E-state index contributed by atoms with van der Waals surface area (Å²) in [5.41, 5.74) is 0.0419. The zero-order valence-corrected chi connectivity index (χ0v) is 8.56. The molecule has 2 rings (SSSR count). The van der Waals surface area contributed by atoms with E-state index in [4.69, 9.17) is 5.11 Å². The summed E-state index contributed by atoms with van der Waals surface area (Å²) in [5.74, 6) is 0.413. The number of aryl methyl sites for hydroxylation is 1. The topological polar surface area (TPSA) is 90.9 Å². The summed E-state index contributed by atoms with van der Waals surface area (Å²) in [7, 11) is 0. The maximum absolute atomic E-state index is 10.9. The first kappa shape index (κ1) is 10.2. The van der Waals surface area contributed by atoms with E-state index in [1.807, 2.05) is 0 Å². The molecule has 6 heteroatoms. The summed E-state index contributed by atoms with van der Waals surface area (Å²) in [6.45, 7) is 1.70. The predicted octanol–water partition coefficient (Wildman–Crippen LogP) is 1.55. The van der Waals surface area contributed by atoms with Gasteiger partial charge >= 0.3 is 5.97 Å². The first-order valence-electron chi connectivity index (χ1n) is 4.64. The second kappa shape index (κ2) is 4.01. The summed E-state index contributed by atoms with van der Waals surface area (Å²) in [5, 5.41) is 11.8. The number of hydrogen-bond acceptors (Lipinski definition) is 4. The van der Waals surface area contributed by atoms with Gasteiger partial charge in [0.25, 0.3) is 0 Å². The van der Waals surface area contributed by atoms with Crippen molar-refractivity contribution in [3.63, 3.8) is 0 Å². The number of nitrogens with zero attached hydrogens (tertiary/aromatic N) is 2. The van der Waals surface area contributed by atoms with Crippen LogP contribution in [0.3, 0.4) is 0 Å². The molecule has 2 heterocycles. The van der Waals surface area contributed by atoms with E-state index in [0.717, 1.165) is 0 Å². The van der Waals surface area contributed by atoms with Crippen LogP contribution in [-0.4, -0.2) is 26.0 Å². The van der Waals surface area contributed by atoms with Gasteiger partial charge in [0.15, 0.2) is 0 Å². The van der Waals surface area contributed by atoms with Gasteiger partial charge in [0.2, 0.25) is 0 Å².